The Hall–Kier alpha value is -3.59. The zero-order valence-electron chi connectivity index (χ0n) is 16.3. The molecule has 0 fully saturated rings. The van der Waals surface area contributed by atoms with Gasteiger partial charge in [0, 0.05) is 24.3 Å². The minimum Gasteiger partial charge on any atom is -0.491 e. The number of rotatable bonds is 4. The molecule has 1 N–H and O–H groups in total. The van der Waals surface area contributed by atoms with Crippen molar-refractivity contribution in [2.24, 2.45) is 0 Å². The number of anilines is 1. The molecule has 0 aliphatic carbocycles. The van der Waals surface area contributed by atoms with Gasteiger partial charge in [0.05, 0.1) is 43.3 Å². The van der Waals surface area contributed by atoms with Crippen LogP contribution >= 0.6 is 0 Å². The smallest absolute Gasteiger partial charge is 0.257 e. The summed E-state index contributed by atoms with van der Waals surface area (Å²) in [5.41, 5.74) is 2.76. The van der Waals surface area contributed by atoms with Gasteiger partial charge in [-0.05, 0) is 18.2 Å². The molecule has 0 saturated heterocycles. The van der Waals surface area contributed by atoms with Crippen molar-refractivity contribution in [1.29, 1.82) is 0 Å². The van der Waals surface area contributed by atoms with Gasteiger partial charge in [-0.2, -0.15) is 0 Å². The fourth-order valence-corrected chi connectivity index (χ4v) is 3.52. The predicted octanol–water partition coefficient (Wildman–Crippen LogP) is 2.38. The Bertz CT molecular complexity index is 1100. The highest BCUT2D eigenvalue weighted by Gasteiger charge is 2.23. The molecule has 1 amide bonds. The number of carbonyl (C=O) groups excluding carboxylic acids is 1. The number of hydrogen-bond donors (Lipinski definition) is 1. The summed E-state index contributed by atoms with van der Waals surface area (Å²) >= 11 is 0. The van der Waals surface area contributed by atoms with E-state index in [0.29, 0.717) is 49.2 Å². The topological polar surface area (TPSA) is 96.7 Å². The molecule has 0 spiro atoms. The third-order valence-corrected chi connectivity index (χ3v) is 4.95. The summed E-state index contributed by atoms with van der Waals surface area (Å²) in [7, 11) is 1.60. The Morgan fingerprint density at radius 2 is 2.20 bits per heavy atom. The van der Waals surface area contributed by atoms with Gasteiger partial charge in [0.1, 0.15) is 19.0 Å². The monoisotopic (exact) mass is 408 g/mol. The number of fused-ring (bicyclic) bond motifs is 4. The summed E-state index contributed by atoms with van der Waals surface area (Å²) in [5.74, 6) is 1.34. The second-order valence-electron chi connectivity index (χ2n) is 7.02. The molecule has 3 aromatic rings. The van der Waals surface area contributed by atoms with E-state index in [1.54, 1.807) is 38.0 Å². The number of nitrogens with zero attached hydrogens (tertiary/aromatic N) is 3. The molecule has 1 aromatic carbocycles. The number of imidazole rings is 1. The van der Waals surface area contributed by atoms with E-state index in [0.717, 1.165) is 17.0 Å². The van der Waals surface area contributed by atoms with E-state index in [-0.39, 0.29) is 12.0 Å². The summed E-state index contributed by atoms with van der Waals surface area (Å²) in [5, 5.41) is 2.86. The van der Waals surface area contributed by atoms with Crippen molar-refractivity contribution >= 4 is 11.6 Å². The quantitative estimate of drug-likeness (QED) is 0.708. The van der Waals surface area contributed by atoms with Crippen LogP contribution in [0.25, 0.3) is 11.3 Å². The van der Waals surface area contributed by atoms with Crippen LogP contribution in [0.1, 0.15) is 10.4 Å². The molecule has 4 heterocycles. The minimum absolute atomic E-state index is 0.218. The number of amides is 1. The number of ether oxygens (including phenoxy) is 4. The van der Waals surface area contributed by atoms with Crippen molar-refractivity contribution in [3.8, 4) is 28.6 Å². The number of hydrogen-bond acceptors (Lipinski definition) is 7. The maximum absolute atomic E-state index is 12.9. The van der Waals surface area contributed by atoms with Gasteiger partial charge < -0.3 is 28.8 Å². The van der Waals surface area contributed by atoms with E-state index in [1.807, 2.05) is 16.7 Å². The number of nitrogens with one attached hydrogen (secondary N) is 1. The number of carbonyl (C=O) groups is 1. The largest absolute Gasteiger partial charge is 0.491 e. The molecule has 154 valence electrons. The second-order valence-corrected chi connectivity index (χ2v) is 7.02. The highest BCUT2D eigenvalue weighted by molar-refractivity contribution is 6.05. The van der Waals surface area contributed by atoms with Crippen LogP contribution in [0.2, 0.25) is 0 Å². The normalized spacial score (nSPS) is 16.6. The lowest BCUT2D eigenvalue weighted by atomic mass is 10.1. The lowest BCUT2D eigenvalue weighted by Crippen LogP contribution is -2.33. The Morgan fingerprint density at radius 3 is 3.10 bits per heavy atom. The number of methoxy groups -OCH3 is 1. The van der Waals surface area contributed by atoms with E-state index >= 15 is 0 Å². The molecule has 1 atom stereocenters. The van der Waals surface area contributed by atoms with Crippen LogP contribution < -0.4 is 19.5 Å². The summed E-state index contributed by atoms with van der Waals surface area (Å²) in [6.07, 6.45) is 4.86. The number of pyridine rings is 1. The molecular formula is C21H20N4O5. The Morgan fingerprint density at radius 1 is 1.27 bits per heavy atom. The zero-order valence-corrected chi connectivity index (χ0v) is 16.3. The first-order valence-electron chi connectivity index (χ1n) is 9.58. The van der Waals surface area contributed by atoms with Crippen molar-refractivity contribution in [1.82, 2.24) is 14.5 Å². The Balaban J connectivity index is 1.38. The van der Waals surface area contributed by atoms with E-state index in [2.05, 4.69) is 15.3 Å². The van der Waals surface area contributed by atoms with Gasteiger partial charge >= 0.3 is 0 Å². The Labute approximate surface area is 172 Å². The van der Waals surface area contributed by atoms with Gasteiger partial charge in [0.2, 0.25) is 0 Å². The lowest BCUT2D eigenvalue weighted by molar-refractivity contribution is 0.0246. The molecule has 2 aromatic heterocycles. The molecule has 1 unspecified atom stereocenters. The zero-order chi connectivity index (χ0) is 20.5. The number of aromatic nitrogens is 3. The van der Waals surface area contributed by atoms with E-state index in [1.165, 1.54) is 0 Å². The number of benzene rings is 1. The van der Waals surface area contributed by atoms with Crippen molar-refractivity contribution in [3.63, 3.8) is 0 Å². The van der Waals surface area contributed by atoms with Crippen LogP contribution in [-0.2, 0) is 11.3 Å². The summed E-state index contributed by atoms with van der Waals surface area (Å²) in [6, 6.07) is 7.05. The first kappa shape index (κ1) is 18.4. The van der Waals surface area contributed by atoms with Gasteiger partial charge in [-0.1, -0.05) is 0 Å². The van der Waals surface area contributed by atoms with Crippen molar-refractivity contribution < 1.29 is 23.7 Å². The van der Waals surface area contributed by atoms with Gasteiger partial charge in [0.15, 0.2) is 11.9 Å². The second kappa shape index (κ2) is 7.68. The van der Waals surface area contributed by atoms with Gasteiger partial charge in [0.25, 0.3) is 11.8 Å². The van der Waals surface area contributed by atoms with E-state index < -0.39 is 0 Å². The predicted molar refractivity (Wildman–Crippen MR) is 107 cm³/mol. The molecular weight excluding hydrogens is 388 g/mol. The molecule has 2 aliphatic heterocycles. The molecule has 0 bridgehead atoms. The Kier molecular flexibility index (Phi) is 4.72. The van der Waals surface area contributed by atoms with Gasteiger partial charge in [-0.3, -0.25) is 4.79 Å². The van der Waals surface area contributed by atoms with Crippen LogP contribution in [0.4, 0.5) is 5.69 Å². The third kappa shape index (κ3) is 3.43. The molecule has 30 heavy (non-hydrogen) atoms. The van der Waals surface area contributed by atoms with Crippen LogP contribution in [0.15, 0.2) is 43.0 Å². The molecule has 0 saturated carbocycles. The molecule has 5 rings (SSSR count). The minimum atomic E-state index is -0.264. The molecule has 0 radical (unpaired) electrons. The van der Waals surface area contributed by atoms with Gasteiger partial charge in [-0.25, -0.2) is 9.97 Å². The SMILES string of the molecule is COCC1COc2ncc(NC(=O)c3ccc4c(c3)-c3cncn3CCO4)cc2O1. The maximum atomic E-state index is 12.9. The third-order valence-electron chi connectivity index (χ3n) is 4.95. The first-order valence-corrected chi connectivity index (χ1v) is 9.58. The van der Waals surface area contributed by atoms with Crippen LogP contribution in [0, 0.1) is 0 Å². The molecule has 9 nitrogen and oxygen atoms in total. The standard InChI is InChI=1S/C21H20N4O5/c1-27-10-15-11-29-21-19(30-15)7-14(8-23-21)24-20(26)13-2-3-18-16(6-13)17-9-22-12-25(17)4-5-28-18/h2-3,6-9,12,15H,4-5,10-11H2,1H3,(H,24,26). The van der Waals surface area contributed by atoms with Gasteiger partial charge in [-0.15, -0.1) is 0 Å². The van der Waals surface area contributed by atoms with Crippen molar-refractivity contribution in [2.75, 3.05) is 32.2 Å². The van der Waals surface area contributed by atoms with Crippen LogP contribution in [-0.4, -0.2) is 53.5 Å². The average Bonchev–Trinajstić information content (AvgIpc) is 3.15. The summed E-state index contributed by atoms with van der Waals surface area (Å²) < 4.78 is 24.3. The van der Waals surface area contributed by atoms with Crippen LogP contribution in [0.3, 0.4) is 0 Å². The molecule has 9 heteroatoms. The summed E-state index contributed by atoms with van der Waals surface area (Å²) in [6.45, 7) is 2.03. The fourth-order valence-electron chi connectivity index (χ4n) is 3.52. The highest BCUT2D eigenvalue weighted by Crippen LogP contribution is 2.34. The molecule has 2 aliphatic rings. The lowest BCUT2D eigenvalue weighted by Gasteiger charge is -2.25. The van der Waals surface area contributed by atoms with E-state index in [9.17, 15) is 4.79 Å². The summed E-state index contributed by atoms with van der Waals surface area (Å²) in [4.78, 5) is 21.3. The highest BCUT2D eigenvalue weighted by atomic mass is 16.6. The van der Waals surface area contributed by atoms with E-state index in [4.69, 9.17) is 18.9 Å². The van der Waals surface area contributed by atoms with Crippen LogP contribution in [0.5, 0.6) is 17.4 Å². The van der Waals surface area contributed by atoms with Crippen molar-refractivity contribution in [3.05, 3.63) is 48.5 Å². The first-order chi connectivity index (χ1) is 14.7. The van der Waals surface area contributed by atoms with Crippen molar-refractivity contribution in [2.45, 2.75) is 12.6 Å². The average molecular weight is 408 g/mol. The fraction of sp³-hybridized carbons (Fsp3) is 0.286. The maximum Gasteiger partial charge on any atom is 0.257 e.